The lowest BCUT2D eigenvalue weighted by Crippen LogP contribution is -2.19. The van der Waals surface area contributed by atoms with Gasteiger partial charge in [-0.05, 0) is 35.4 Å². The molecule has 2 aromatic rings. The molecule has 0 unspecified atom stereocenters. The molecule has 0 aromatic heterocycles. The van der Waals surface area contributed by atoms with Crippen molar-refractivity contribution in [1.29, 1.82) is 0 Å². The first-order valence-corrected chi connectivity index (χ1v) is 8.20. The van der Waals surface area contributed by atoms with Crippen molar-refractivity contribution < 1.29 is 4.79 Å². The van der Waals surface area contributed by atoms with Crippen molar-refractivity contribution in [3.8, 4) is 0 Å². The molecule has 2 nitrogen and oxygen atoms in total. The largest absolute Gasteiger partial charge is 0.322 e. The van der Waals surface area contributed by atoms with Gasteiger partial charge in [0.25, 0.3) is 5.91 Å². The zero-order valence-corrected chi connectivity index (χ0v) is 13.8. The van der Waals surface area contributed by atoms with Crippen LogP contribution >= 0.6 is 11.8 Å². The van der Waals surface area contributed by atoms with Crippen molar-refractivity contribution in [1.82, 2.24) is 0 Å². The van der Waals surface area contributed by atoms with E-state index in [-0.39, 0.29) is 11.3 Å². The Balaban J connectivity index is 2.33. The van der Waals surface area contributed by atoms with Crippen LogP contribution in [-0.2, 0) is 5.41 Å². The van der Waals surface area contributed by atoms with Crippen molar-refractivity contribution in [3.05, 3.63) is 59.7 Å². The van der Waals surface area contributed by atoms with E-state index in [2.05, 4.69) is 32.2 Å². The third-order valence-corrected chi connectivity index (χ3v) is 4.13. The highest BCUT2D eigenvalue weighted by molar-refractivity contribution is 7.98. The molecule has 0 heterocycles. The van der Waals surface area contributed by atoms with Crippen LogP contribution in [0.15, 0.2) is 53.4 Å². The molecule has 0 spiro atoms. The number of thioether (sulfide) groups is 1. The Morgan fingerprint density at radius 2 is 1.62 bits per heavy atom. The average Bonchev–Trinajstić information content (AvgIpc) is 2.46. The number of benzene rings is 2. The average molecular weight is 299 g/mol. The highest BCUT2D eigenvalue weighted by atomic mass is 32.2. The molecule has 1 amide bonds. The summed E-state index contributed by atoms with van der Waals surface area (Å²) in [5, 5.41) is 3.06. The first-order valence-electron chi connectivity index (χ1n) is 6.97. The van der Waals surface area contributed by atoms with Gasteiger partial charge in [0.15, 0.2) is 0 Å². The van der Waals surface area contributed by atoms with Gasteiger partial charge in [0.05, 0.1) is 5.56 Å². The fourth-order valence-electron chi connectivity index (χ4n) is 2.27. The Morgan fingerprint density at radius 3 is 2.29 bits per heavy atom. The Bertz CT molecular complexity index is 644. The molecule has 1 N–H and O–H groups in total. The summed E-state index contributed by atoms with van der Waals surface area (Å²) < 4.78 is 0. The molecule has 2 aromatic carbocycles. The molecule has 3 heteroatoms. The van der Waals surface area contributed by atoms with Crippen LogP contribution in [0.25, 0.3) is 0 Å². The zero-order chi connectivity index (χ0) is 15.5. The van der Waals surface area contributed by atoms with Crippen molar-refractivity contribution in [2.45, 2.75) is 31.1 Å². The molecular weight excluding hydrogens is 278 g/mol. The number of hydrogen-bond acceptors (Lipinski definition) is 2. The molecule has 0 radical (unpaired) electrons. The minimum absolute atomic E-state index is 0.0110. The summed E-state index contributed by atoms with van der Waals surface area (Å²) in [7, 11) is 0. The van der Waals surface area contributed by atoms with Gasteiger partial charge in [-0.2, -0.15) is 0 Å². The predicted molar refractivity (Wildman–Crippen MR) is 91.3 cm³/mol. The first kappa shape index (κ1) is 15.6. The molecule has 2 rings (SSSR count). The van der Waals surface area contributed by atoms with Gasteiger partial charge >= 0.3 is 0 Å². The van der Waals surface area contributed by atoms with Crippen molar-refractivity contribution >= 4 is 23.4 Å². The highest BCUT2D eigenvalue weighted by Crippen LogP contribution is 2.30. The fraction of sp³-hybridized carbons (Fsp3) is 0.278. The second-order valence-electron chi connectivity index (χ2n) is 5.95. The molecule has 21 heavy (non-hydrogen) atoms. The zero-order valence-electron chi connectivity index (χ0n) is 12.9. The Morgan fingerprint density at radius 1 is 1.00 bits per heavy atom. The summed E-state index contributed by atoms with van der Waals surface area (Å²) in [4.78, 5) is 13.5. The number of hydrogen-bond donors (Lipinski definition) is 1. The second kappa shape index (κ2) is 6.35. The number of anilines is 1. The lowest BCUT2D eigenvalue weighted by molar-refractivity contribution is 0.102. The third kappa shape index (κ3) is 3.67. The van der Waals surface area contributed by atoms with E-state index >= 15 is 0 Å². The van der Waals surface area contributed by atoms with Crippen LogP contribution in [0.1, 0.15) is 36.7 Å². The number of para-hydroxylation sites is 1. The van der Waals surface area contributed by atoms with Crippen LogP contribution < -0.4 is 5.32 Å². The lowest BCUT2D eigenvalue weighted by Gasteiger charge is -2.23. The summed E-state index contributed by atoms with van der Waals surface area (Å²) in [6.45, 7) is 6.44. The minimum Gasteiger partial charge on any atom is -0.322 e. The smallest absolute Gasteiger partial charge is 0.256 e. The Hall–Kier alpha value is -1.74. The number of nitrogens with one attached hydrogen (secondary N) is 1. The van der Waals surface area contributed by atoms with E-state index in [0.717, 1.165) is 16.1 Å². The topological polar surface area (TPSA) is 29.1 Å². The second-order valence-corrected chi connectivity index (χ2v) is 6.80. The van der Waals surface area contributed by atoms with Crippen molar-refractivity contribution in [3.63, 3.8) is 0 Å². The van der Waals surface area contributed by atoms with Crippen LogP contribution in [0, 0.1) is 0 Å². The minimum atomic E-state index is -0.0587. The predicted octanol–water partition coefficient (Wildman–Crippen LogP) is 4.96. The lowest BCUT2D eigenvalue weighted by atomic mass is 9.86. The van der Waals surface area contributed by atoms with Gasteiger partial charge in [0.2, 0.25) is 0 Å². The van der Waals surface area contributed by atoms with Crippen LogP contribution in [0.4, 0.5) is 5.69 Å². The van der Waals surface area contributed by atoms with Gasteiger partial charge in [-0.25, -0.2) is 0 Å². The molecule has 0 atom stereocenters. The van der Waals surface area contributed by atoms with Gasteiger partial charge in [-0.3, -0.25) is 4.79 Å². The van der Waals surface area contributed by atoms with Gasteiger partial charge < -0.3 is 5.32 Å². The first-order chi connectivity index (χ1) is 9.93. The molecule has 0 fully saturated rings. The van der Waals surface area contributed by atoms with E-state index in [1.54, 1.807) is 11.8 Å². The molecule has 110 valence electrons. The van der Waals surface area contributed by atoms with Gasteiger partial charge in [-0.1, -0.05) is 51.1 Å². The fourth-order valence-corrected chi connectivity index (χ4v) is 2.86. The van der Waals surface area contributed by atoms with E-state index in [0.29, 0.717) is 5.56 Å². The van der Waals surface area contributed by atoms with Crippen LogP contribution in [0.5, 0.6) is 0 Å². The van der Waals surface area contributed by atoms with E-state index < -0.39 is 0 Å². The summed E-state index contributed by atoms with van der Waals surface area (Å²) >= 11 is 1.58. The number of carbonyl (C=O) groups excluding carboxylic acids is 1. The number of amides is 1. The third-order valence-electron chi connectivity index (χ3n) is 3.33. The summed E-state index contributed by atoms with van der Waals surface area (Å²) in [5.74, 6) is -0.0587. The summed E-state index contributed by atoms with van der Waals surface area (Å²) in [6.07, 6.45) is 1.98. The van der Waals surface area contributed by atoms with Gasteiger partial charge in [0.1, 0.15) is 0 Å². The molecular formula is C18H21NOS. The quantitative estimate of drug-likeness (QED) is 0.812. The molecule has 0 saturated carbocycles. The number of rotatable bonds is 3. The number of carbonyl (C=O) groups is 1. The van der Waals surface area contributed by atoms with Crippen LogP contribution in [-0.4, -0.2) is 12.2 Å². The summed E-state index contributed by atoms with van der Waals surface area (Å²) in [5.41, 5.74) is 2.72. The molecule has 0 aliphatic carbocycles. The SMILES string of the molecule is CSc1ccccc1C(=O)Nc1ccccc1C(C)(C)C. The molecule has 0 aliphatic rings. The Kier molecular flexibility index (Phi) is 4.73. The summed E-state index contributed by atoms with van der Waals surface area (Å²) in [6, 6.07) is 15.7. The molecule has 0 bridgehead atoms. The van der Waals surface area contributed by atoms with Gasteiger partial charge in [0, 0.05) is 10.6 Å². The molecule has 0 aliphatic heterocycles. The standard InChI is InChI=1S/C18H21NOS/c1-18(2,3)14-10-6-7-11-15(14)19-17(20)13-9-5-8-12-16(13)21-4/h5-12H,1-4H3,(H,19,20). The maximum atomic E-state index is 12.5. The maximum Gasteiger partial charge on any atom is 0.256 e. The van der Waals surface area contributed by atoms with Crippen molar-refractivity contribution in [2.24, 2.45) is 0 Å². The van der Waals surface area contributed by atoms with E-state index in [1.807, 2.05) is 48.7 Å². The maximum absolute atomic E-state index is 12.5. The normalized spacial score (nSPS) is 11.2. The van der Waals surface area contributed by atoms with Crippen LogP contribution in [0.3, 0.4) is 0 Å². The van der Waals surface area contributed by atoms with Crippen LogP contribution in [0.2, 0.25) is 0 Å². The Labute approximate surface area is 131 Å². The highest BCUT2D eigenvalue weighted by Gasteiger charge is 2.19. The van der Waals surface area contributed by atoms with Crippen molar-refractivity contribution in [2.75, 3.05) is 11.6 Å². The van der Waals surface area contributed by atoms with Gasteiger partial charge in [-0.15, -0.1) is 11.8 Å². The van der Waals surface area contributed by atoms with E-state index in [4.69, 9.17) is 0 Å². The molecule has 0 saturated heterocycles. The van der Waals surface area contributed by atoms with E-state index in [9.17, 15) is 4.79 Å². The monoisotopic (exact) mass is 299 g/mol. The van der Waals surface area contributed by atoms with E-state index in [1.165, 1.54) is 0 Å².